The second-order valence-electron chi connectivity index (χ2n) is 6.42. The summed E-state index contributed by atoms with van der Waals surface area (Å²) in [6, 6.07) is 16.1. The van der Waals surface area contributed by atoms with Crippen LogP contribution in [-0.4, -0.2) is 12.5 Å². The van der Waals surface area contributed by atoms with E-state index in [9.17, 15) is 4.79 Å². The fourth-order valence-electron chi connectivity index (χ4n) is 2.49. The maximum Gasteiger partial charge on any atom is 0.243 e. The average molecular weight is 310 g/mol. The summed E-state index contributed by atoms with van der Waals surface area (Å²) in [5.74, 6) is 0.875. The van der Waals surface area contributed by atoms with E-state index in [1.807, 2.05) is 30.3 Å². The van der Waals surface area contributed by atoms with Gasteiger partial charge in [0, 0.05) is 11.4 Å². The van der Waals surface area contributed by atoms with E-state index in [0.717, 1.165) is 11.4 Å². The van der Waals surface area contributed by atoms with Crippen molar-refractivity contribution >= 4 is 17.3 Å². The number of amides is 1. The van der Waals surface area contributed by atoms with Crippen LogP contribution in [0.5, 0.6) is 0 Å². The van der Waals surface area contributed by atoms with E-state index in [0.29, 0.717) is 11.8 Å². The minimum Gasteiger partial charge on any atom is -0.376 e. The van der Waals surface area contributed by atoms with Crippen molar-refractivity contribution in [1.29, 1.82) is 0 Å². The summed E-state index contributed by atoms with van der Waals surface area (Å²) in [5, 5.41) is 6.16. The smallest absolute Gasteiger partial charge is 0.243 e. The molecular weight excluding hydrogens is 284 g/mol. The van der Waals surface area contributed by atoms with Crippen LogP contribution in [0.2, 0.25) is 0 Å². The van der Waals surface area contributed by atoms with E-state index < -0.39 is 0 Å². The van der Waals surface area contributed by atoms with Gasteiger partial charge in [-0.15, -0.1) is 0 Å². The lowest BCUT2D eigenvalue weighted by Crippen LogP contribution is -2.22. The number of benzene rings is 2. The average Bonchev–Trinajstić information content (AvgIpc) is 2.53. The van der Waals surface area contributed by atoms with Crippen molar-refractivity contribution in [3.63, 3.8) is 0 Å². The molecule has 0 radical (unpaired) electrons. The molecule has 1 amide bonds. The Morgan fingerprint density at radius 1 is 0.913 bits per heavy atom. The molecule has 0 atom stereocenters. The first-order valence-electron chi connectivity index (χ1n) is 8.20. The van der Waals surface area contributed by atoms with Crippen LogP contribution in [-0.2, 0) is 4.79 Å². The summed E-state index contributed by atoms with van der Waals surface area (Å²) >= 11 is 0. The number of hydrogen-bond acceptors (Lipinski definition) is 2. The van der Waals surface area contributed by atoms with Gasteiger partial charge in [0.2, 0.25) is 5.91 Å². The molecule has 0 spiro atoms. The number of anilines is 2. The zero-order valence-electron chi connectivity index (χ0n) is 14.4. The van der Waals surface area contributed by atoms with Crippen molar-refractivity contribution in [2.75, 3.05) is 17.2 Å². The van der Waals surface area contributed by atoms with Gasteiger partial charge >= 0.3 is 0 Å². The lowest BCUT2D eigenvalue weighted by Gasteiger charge is -2.14. The third kappa shape index (κ3) is 4.85. The Balaban J connectivity index is 1.93. The fourth-order valence-corrected chi connectivity index (χ4v) is 2.49. The largest absolute Gasteiger partial charge is 0.376 e. The predicted molar refractivity (Wildman–Crippen MR) is 98.2 cm³/mol. The Morgan fingerprint density at radius 2 is 1.57 bits per heavy atom. The minimum atomic E-state index is -0.0409. The Bertz CT molecular complexity index is 645. The summed E-state index contributed by atoms with van der Waals surface area (Å²) in [5.41, 5.74) is 4.35. The standard InChI is InChI=1S/C20H26N2O/c1-14(2)16-9-11-17(12-10-16)22-20(23)13-21-19-8-6-5-7-18(19)15(3)4/h5-12,14-15,21H,13H2,1-4H3,(H,22,23). The predicted octanol–water partition coefficient (Wildman–Crippen LogP) is 4.98. The van der Waals surface area contributed by atoms with Crippen LogP contribution in [0.1, 0.15) is 50.7 Å². The van der Waals surface area contributed by atoms with Crippen LogP contribution < -0.4 is 10.6 Å². The highest BCUT2D eigenvalue weighted by Crippen LogP contribution is 2.23. The fraction of sp³-hybridized carbons (Fsp3) is 0.350. The third-order valence-corrected chi connectivity index (χ3v) is 3.88. The van der Waals surface area contributed by atoms with Crippen molar-refractivity contribution in [2.45, 2.75) is 39.5 Å². The molecular formula is C20H26N2O. The first-order chi connectivity index (χ1) is 11.0. The van der Waals surface area contributed by atoms with E-state index in [-0.39, 0.29) is 12.5 Å². The molecule has 0 fully saturated rings. The van der Waals surface area contributed by atoms with Crippen LogP contribution in [0.25, 0.3) is 0 Å². The van der Waals surface area contributed by atoms with Gasteiger partial charge in [-0.05, 0) is 41.2 Å². The van der Waals surface area contributed by atoms with Gasteiger partial charge in [-0.25, -0.2) is 0 Å². The first kappa shape index (κ1) is 17.1. The molecule has 0 saturated heterocycles. The van der Waals surface area contributed by atoms with Gasteiger partial charge in [-0.3, -0.25) is 4.79 Å². The lowest BCUT2D eigenvalue weighted by atomic mass is 10.0. The van der Waals surface area contributed by atoms with E-state index in [1.165, 1.54) is 11.1 Å². The molecule has 0 heterocycles. The van der Waals surface area contributed by atoms with Gasteiger partial charge in [-0.2, -0.15) is 0 Å². The molecule has 0 aliphatic rings. The SMILES string of the molecule is CC(C)c1ccc(NC(=O)CNc2ccccc2C(C)C)cc1. The molecule has 0 aliphatic heterocycles. The molecule has 2 aromatic carbocycles. The Morgan fingerprint density at radius 3 is 2.17 bits per heavy atom. The molecule has 0 aliphatic carbocycles. The highest BCUT2D eigenvalue weighted by Gasteiger charge is 2.08. The maximum atomic E-state index is 12.1. The van der Waals surface area contributed by atoms with Crippen molar-refractivity contribution in [2.24, 2.45) is 0 Å². The number of hydrogen-bond donors (Lipinski definition) is 2. The molecule has 2 N–H and O–H groups in total. The lowest BCUT2D eigenvalue weighted by molar-refractivity contribution is -0.114. The third-order valence-electron chi connectivity index (χ3n) is 3.88. The van der Waals surface area contributed by atoms with Gasteiger partial charge in [-0.1, -0.05) is 58.0 Å². The molecule has 0 bridgehead atoms. The number of carbonyl (C=O) groups excluding carboxylic acids is 1. The monoisotopic (exact) mass is 310 g/mol. The molecule has 0 saturated carbocycles. The van der Waals surface area contributed by atoms with Gasteiger partial charge in [0.15, 0.2) is 0 Å². The summed E-state index contributed by atoms with van der Waals surface area (Å²) in [6.07, 6.45) is 0. The second-order valence-corrected chi connectivity index (χ2v) is 6.42. The summed E-state index contributed by atoms with van der Waals surface area (Å²) in [6.45, 7) is 8.87. The van der Waals surface area contributed by atoms with Gasteiger partial charge < -0.3 is 10.6 Å². The van der Waals surface area contributed by atoms with Crippen LogP contribution in [0, 0.1) is 0 Å². The molecule has 23 heavy (non-hydrogen) atoms. The number of rotatable bonds is 6. The number of carbonyl (C=O) groups is 1. The van der Waals surface area contributed by atoms with E-state index in [2.05, 4.69) is 56.5 Å². The van der Waals surface area contributed by atoms with Gasteiger partial charge in [0.1, 0.15) is 0 Å². The van der Waals surface area contributed by atoms with E-state index in [1.54, 1.807) is 0 Å². The number of para-hydroxylation sites is 1. The van der Waals surface area contributed by atoms with Crippen LogP contribution in [0.3, 0.4) is 0 Å². The topological polar surface area (TPSA) is 41.1 Å². The van der Waals surface area contributed by atoms with Gasteiger partial charge in [0.25, 0.3) is 0 Å². The summed E-state index contributed by atoms with van der Waals surface area (Å²) < 4.78 is 0. The maximum absolute atomic E-state index is 12.1. The molecule has 2 aromatic rings. The molecule has 0 unspecified atom stereocenters. The Kier molecular flexibility index (Phi) is 5.80. The summed E-state index contributed by atoms with van der Waals surface area (Å²) in [4.78, 5) is 12.1. The second kappa shape index (κ2) is 7.82. The quantitative estimate of drug-likeness (QED) is 0.789. The zero-order valence-corrected chi connectivity index (χ0v) is 14.4. The minimum absolute atomic E-state index is 0.0409. The summed E-state index contributed by atoms with van der Waals surface area (Å²) in [7, 11) is 0. The molecule has 3 nitrogen and oxygen atoms in total. The molecule has 2 rings (SSSR count). The van der Waals surface area contributed by atoms with Crippen molar-refractivity contribution in [3.8, 4) is 0 Å². The van der Waals surface area contributed by atoms with Crippen LogP contribution >= 0.6 is 0 Å². The Hall–Kier alpha value is -2.29. The number of nitrogens with one attached hydrogen (secondary N) is 2. The highest BCUT2D eigenvalue weighted by atomic mass is 16.1. The molecule has 122 valence electrons. The highest BCUT2D eigenvalue weighted by molar-refractivity contribution is 5.93. The first-order valence-corrected chi connectivity index (χ1v) is 8.20. The van der Waals surface area contributed by atoms with Crippen LogP contribution in [0.4, 0.5) is 11.4 Å². The van der Waals surface area contributed by atoms with Gasteiger partial charge in [0.05, 0.1) is 6.54 Å². The molecule has 3 heteroatoms. The Labute approximate surface area is 139 Å². The van der Waals surface area contributed by atoms with Crippen LogP contribution in [0.15, 0.2) is 48.5 Å². The normalized spacial score (nSPS) is 10.9. The molecule has 0 aromatic heterocycles. The zero-order chi connectivity index (χ0) is 16.8. The van der Waals surface area contributed by atoms with E-state index in [4.69, 9.17) is 0 Å². The van der Waals surface area contributed by atoms with Crippen molar-refractivity contribution < 1.29 is 4.79 Å². The van der Waals surface area contributed by atoms with Crippen molar-refractivity contribution in [1.82, 2.24) is 0 Å². The van der Waals surface area contributed by atoms with Crippen molar-refractivity contribution in [3.05, 3.63) is 59.7 Å². The van der Waals surface area contributed by atoms with E-state index >= 15 is 0 Å².